The van der Waals surface area contributed by atoms with Crippen molar-refractivity contribution >= 4 is 34.2 Å². The lowest BCUT2D eigenvalue weighted by Gasteiger charge is -1.99. The SMILES string of the molecule is CCc1ccc2[nH]c3nc(N/N=C/c4ccc(OC)cc4)nnc3c2c1. The van der Waals surface area contributed by atoms with Crippen LogP contribution >= 0.6 is 0 Å². The normalized spacial score (nSPS) is 11.5. The van der Waals surface area contributed by atoms with Gasteiger partial charge in [0.25, 0.3) is 5.95 Å². The molecule has 130 valence electrons. The highest BCUT2D eigenvalue weighted by Crippen LogP contribution is 2.23. The summed E-state index contributed by atoms with van der Waals surface area (Å²) >= 11 is 0. The van der Waals surface area contributed by atoms with E-state index in [0.29, 0.717) is 11.6 Å². The highest BCUT2D eigenvalue weighted by molar-refractivity contribution is 6.03. The standard InChI is InChI=1S/C19H18N6O/c1-3-12-6-9-16-15(10-12)17-18(21-16)22-19(25-23-17)24-20-11-13-4-7-14(26-2)8-5-13/h4-11H,3H2,1-2H3,(H2,21,22,24,25)/b20-11+. The molecule has 4 rings (SSSR count). The number of hydrogen-bond acceptors (Lipinski definition) is 6. The van der Waals surface area contributed by atoms with Crippen LogP contribution in [-0.4, -0.2) is 33.5 Å². The molecular weight excluding hydrogens is 328 g/mol. The van der Waals surface area contributed by atoms with E-state index in [1.165, 1.54) is 5.56 Å². The predicted molar refractivity (Wildman–Crippen MR) is 103 cm³/mol. The molecule has 0 aliphatic rings. The number of rotatable bonds is 5. The number of aromatic amines is 1. The molecule has 26 heavy (non-hydrogen) atoms. The summed E-state index contributed by atoms with van der Waals surface area (Å²) in [4.78, 5) is 7.72. The Kier molecular flexibility index (Phi) is 4.18. The fraction of sp³-hybridized carbons (Fsp3) is 0.158. The molecule has 7 nitrogen and oxygen atoms in total. The third-order valence-corrected chi connectivity index (χ3v) is 4.18. The van der Waals surface area contributed by atoms with Crippen LogP contribution < -0.4 is 10.2 Å². The number of H-pyrrole nitrogens is 1. The van der Waals surface area contributed by atoms with Crippen LogP contribution in [0.1, 0.15) is 18.1 Å². The molecule has 2 aromatic heterocycles. The molecule has 0 aliphatic carbocycles. The lowest BCUT2D eigenvalue weighted by atomic mass is 10.1. The molecular formula is C19H18N6O. The first-order valence-electron chi connectivity index (χ1n) is 8.35. The molecule has 0 fully saturated rings. The Morgan fingerprint density at radius 3 is 2.77 bits per heavy atom. The van der Waals surface area contributed by atoms with Crippen LogP contribution in [0.15, 0.2) is 47.6 Å². The van der Waals surface area contributed by atoms with Crippen LogP contribution in [-0.2, 0) is 6.42 Å². The molecule has 0 unspecified atom stereocenters. The van der Waals surface area contributed by atoms with Crippen LogP contribution in [0.4, 0.5) is 5.95 Å². The van der Waals surface area contributed by atoms with Gasteiger partial charge in [0.05, 0.1) is 13.3 Å². The number of nitrogens with zero attached hydrogens (tertiary/aromatic N) is 4. The fourth-order valence-corrected chi connectivity index (χ4v) is 2.74. The van der Waals surface area contributed by atoms with Gasteiger partial charge in [-0.25, -0.2) is 5.43 Å². The van der Waals surface area contributed by atoms with Gasteiger partial charge in [-0.3, -0.25) is 0 Å². The molecule has 0 spiro atoms. The summed E-state index contributed by atoms with van der Waals surface area (Å²) in [6, 6.07) is 13.8. The molecule has 0 atom stereocenters. The Morgan fingerprint density at radius 2 is 2.00 bits per heavy atom. The number of methoxy groups -OCH3 is 1. The van der Waals surface area contributed by atoms with Crippen molar-refractivity contribution in [2.45, 2.75) is 13.3 Å². The molecule has 0 radical (unpaired) electrons. The van der Waals surface area contributed by atoms with Gasteiger partial charge in [0.2, 0.25) is 0 Å². The minimum absolute atomic E-state index is 0.338. The second-order valence-electron chi connectivity index (χ2n) is 5.83. The van der Waals surface area contributed by atoms with Gasteiger partial charge in [0, 0.05) is 10.9 Å². The van der Waals surface area contributed by atoms with Gasteiger partial charge in [0.1, 0.15) is 11.3 Å². The zero-order valence-electron chi connectivity index (χ0n) is 14.5. The average Bonchev–Trinajstić information content (AvgIpc) is 3.05. The molecule has 0 bridgehead atoms. The van der Waals surface area contributed by atoms with E-state index in [2.05, 4.69) is 49.7 Å². The molecule has 2 aromatic carbocycles. The highest BCUT2D eigenvalue weighted by atomic mass is 16.5. The number of nitrogens with one attached hydrogen (secondary N) is 2. The maximum Gasteiger partial charge on any atom is 0.265 e. The average molecular weight is 346 g/mol. The van der Waals surface area contributed by atoms with E-state index in [9.17, 15) is 0 Å². The zero-order valence-corrected chi connectivity index (χ0v) is 14.5. The van der Waals surface area contributed by atoms with E-state index in [1.807, 2.05) is 30.3 Å². The largest absolute Gasteiger partial charge is 0.497 e. The number of benzene rings is 2. The van der Waals surface area contributed by atoms with Gasteiger partial charge in [0.15, 0.2) is 5.65 Å². The van der Waals surface area contributed by atoms with Crippen molar-refractivity contribution in [2.75, 3.05) is 12.5 Å². The molecule has 0 saturated carbocycles. The van der Waals surface area contributed by atoms with Crippen LogP contribution in [0.3, 0.4) is 0 Å². The number of aromatic nitrogens is 4. The van der Waals surface area contributed by atoms with Crippen molar-refractivity contribution < 1.29 is 4.74 Å². The highest BCUT2D eigenvalue weighted by Gasteiger charge is 2.09. The summed E-state index contributed by atoms with van der Waals surface area (Å²) < 4.78 is 5.13. The lowest BCUT2D eigenvalue weighted by Crippen LogP contribution is -1.99. The molecule has 4 aromatic rings. The smallest absolute Gasteiger partial charge is 0.265 e. The van der Waals surface area contributed by atoms with E-state index < -0.39 is 0 Å². The van der Waals surface area contributed by atoms with E-state index in [0.717, 1.165) is 34.2 Å². The summed E-state index contributed by atoms with van der Waals surface area (Å²) in [5.41, 5.74) is 7.45. The van der Waals surface area contributed by atoms with E-state index in [-0.39, 0.29) is 0 Å². The van der Waals surface area contributed by atoms with Gasteiger partial charge in [-0.15, -0.1) is 10.2 Å². The summed E-state index contributed by atoms with van der Waals surface area (Å²) in [5.74, 6) is 1.14. The van der Waals surface area contributed by atoms with Crippen LogP contribution in [0, 0.1) is 0 Å². The first-order valence-corrected chi connectivity index (χ1v) is 8.35. The first kappa shape index (κ1) is 16.0. The van der Waals surface area contributed by atoms with Crippen molar-refractivity contribution in [3.63, 3.8) is 0 Å². The third kappa shape index (κ3) is 3.06. The number of hydrazone groups is 1. The number of aryl methyl sites for hydroxylation is 1. The maximum atomic E-state index is 5.13. The zero-order chi connectivity index (χ0) is 17.9. The van der Waals surface area contributed by atoms with Crippen molar-refractivity contribution in [3.05, 3.63) is 53.6 Å². The Morgan fingerprint density at radius 1 is 1.15 bits per heavy atom. The summed E-state index contributed by atoms with van der Waals surface area (Å²) in [6.45, 7) is 2.13. The van der Waals surface area contributed by atoms with Crippen molar-refractivity contribution in [2.24, 2.45) is 5.10 Å². The fourth-order valence-electron chi connectivity index (χ4n) is 2.74. The van der Waals surface area contributed by atoms with Crippen LogP contribution in [0.25, 0.3) is 22.1 Å². The molecule has 2 N–H and O–H groups in total. The summed E-state index contributed by atoms with van der Waals surface area (Å²) in [5, 5.41) is 13.6. The predicted octanol–water partition coefficient (Wildman–Crippen LogP) is 3.52. The summed E-state index contributed by atoms with van der Waals surface area (Å²) in [6.07, 6.45) is 2.66. The molecule has 0 amide bonds. The number of fused-ring (bicyclic) bond motifs is 3. The monoisotopic (exact) mass is 346 g/mol. The Balaban J connectivity index is 1.56. The minimum Gasteiger partial charge on any atom is -0.497 e. The minimum atomic E-state index is 0.338. The Labute approximate surface area is 150 Å². The number of hydrogen-bond donors (Lipinski definition) is 2. The van der Waals surface area contributed by atoms with Crippen molar-refractivity contribution in [1.29, 1.82) is 0 Å². The topological polar surface area (TPSA) is 88.1 Å². The maximum absolute atomic E-state index is 5.13. The Hall–Kier alpha value is -3.48. The van der Waals surface area contributed by atoms with Gasteiger partial charge in [-0.1, -0.05) is 13.0 Å². The Bertz CT molecular complexity index is 1080. The van der Waals surface area contributed by atoms with Crippen LogP contribution in [0.2, 0.25) is 0 Å². The molecule has 2 heterocycles. The van der Waals surface area contributed by atoms with Gasteiger partial charge >= 0.3 is 0 Å². The van der Waals surface area contributed by atoms with Gasteiger partial charge in [-0.05, 0) is 53.9 Å². The second-order valence-corrected chi connectivity index (χ2v) is 5.83. The van der Waals surface area contributed by atoms with Crippen LogP contribution in [0.5, 0.6) is 5.75 Å². The van der Waals surface area contributed by atoms with E-state index in [1.54, 1.807) is 13.3 Å². The van der Waals surface area contributed by atoms with E-state index >= 15 is 0 Å². The molecule has 0 saturated heterocycles. The lowest BCUT2D eigenvalue weighted by molar-refractivity contribution is 0.415. The van der Waals surface area contributed by atoms with Crippen molar-refractivity contribution in [1.82, 2.24) is 20.2 Å². The third-order valence-electron chi connectivity index (χ3n) is 4.18. The van der Waals surface area contributed by atoms with Gasteiger partial charge < -0.3 is 9.72 Å². The summed E-state index contributed by atoms with van der Waals surface area (Å²) in [7, 11) is 1.64. The second kappa shape index (κ2) is 6.79. The molecule has 0 aliphatic heterocycles. The van der Waals surface area contributed by atoms with Crippen molar-refractivity contribution in [3.8, 4) is 5.75 Å². The van der Waals surface area contributed by atoms with Gasteiger partial charge in [-0.2, -0.15) is 10.1 Å². The number of anilines is 1. The number of ether oxygens (including phenoxy) is 1. The first-order chi connectivity index (χ1) is 12.8. The molecule has 7 heteroatoms. The van der Waals surface area contributed by atoms with E-state index in [4.69, 9.17) is 4.74 Å². The quantitative estimate of drug-likeness (QED) is 0.426.